The van der Waals surface area contributed by atoms with E-state index in [1.54, 1.807) is 12.1 Å². The molecular weight excluding hydrogens is 434 g/mol. The average Bonchev–Trinajstić information content (AvgIpc) is 3.22. The number of unbranched alkanes of at least 4 members (excludes halogenated alkanes) is 1. The minimum Gasteiger partial charge on any atom is -0.456 e. The third-order valence-corrected chi connectivity index (χ3v) is 5.27. The molecule has 0 aliphatic carbocycles. The summed E-state index contributed by atoms with van der Waals surface area (Å²) in [7, 11) is 0. The van der Waals surface area contributed by atoms with Gasteiger partial charge in [0.2, 0.25) is 0 Å². The van der Waals surface area contributed by atoms with Crippen LogP contribution in [-0.4, -0.2) is 31.6 Å². The van der Waals surface area contributed by atoms with Crippen molar-refractivity contribution in [2.24, 2.45) is 0 Å². The second-order valence-corrected chi connectivity index (χ2v) is 9.24. The van der Waals surface area contributed by atoms with Crippen molar-refractivity contribution in [2.45, 2.75) is 65.1 Å². The van der Waals surface area contributed by atoms with Crippen LogP contribution < -0.4 is 0 Å². The van der Waals surface area contributed by atoms with Crippen molar-refractivity contribution in [1.82, 2.24) is 9.97 Å². The fraction of sp³-hybridized carbons (Fsp3) is 0.385. The van der Waals surface area contributed by atoms with Crippen LogP contribution in [0, 0.1) is 10.1 Å². The van der Waals surface area contributed by atoms with E-state index in [2.05, 4.69) is 9.97 Å². The van der Waals surface area contributed by atoms with Gasteiger partial charge in [-0.25, -0.2) is 14.8 Å². The molecule has 0 fully saturated rings. The number of imidazole rings is 1. The number of aliphatic hydroxyl groups is 1. The maximum atomic E-state index is 12.7. The van der Waals surface area contributed by atoms with Gasteiger partial charge in [0.25, 0.3) is 0 Å². The summed E-state index contributed by atoms with van der Waals surface area (Å²) in [6, 6.07) is 14.6. The molecule has 1 atom stereocenters. The normalized spacial score (nSPS) is 12.4. The first-order chi connectivity index (χ1) is 16.1. The Bertz CT molecular complexity index is 1150. The van der Waals surface area contributed by atoms with Gasteiger partial charge >= 0.3 is 11.8 Å². The molecular formula is C26H31N3O5. The molecule has 0 spiro atoms. The third-order valence-electron chi connectivity index (χ3n) is 5.27. The molecule has 2 aromatic carbocycles. The number of ether oxygens (including phenoxy) is 1. The molecule has 0 radical (unpaired) electrons. The standard InChI is InChI=1S/C26H31N3O5/c1-5-6-11-22-27-23(24(28-22)29(32)33)21(30)16-17-12-14-18(15-13-17)19-9-7-8-10-20(19)25(31)34-26(2,3)4/h7-10,12-15,21,30H,5-6,11,16H2,1-4H3,(H,27,28). The number of nitro groups is 1. The van der Waals surface area contributed by atoms with E-state index in [4.69, 9.17) is 4.74 Å². The van der Waals surface area contributed by atoms with Crippen molar-refractivity contribution in [2.75, 3.05) is 0 Å². The van der Waals surface area contributed by atoms with Crippen molar-refractivity contribution >= 4 is 11.8 Å². The predicted molar refractivity (Wildman–Crippen MR) is 130 cm³/mol. The molecule has 2 N–H and O–H groups in total. The van der Waals surface area contributed by atoms with E-state index in [0.717, 1.165) is 29.5 Å². The van der Waals surface area contributed by atoms with Crippen LogP contribution in [0.15, 0.2) is 48.5 Å². The van der Waals surface area contributed by atoms with E-state index in [0.29, 0.717) is 17.8 Å². The summed E-state index contributed by atoms with van der Waals surface area (Å²) in [5.74, 6) is -0.148. The lowest BCUT2D eigenvalue weighted by Crippen LogP contribution is -2.24. The van der Waals surface area contributed by atoms with Crippen LogP contribution in [0.4, 0.5) is 5.82 Å². The molecule has 8 heteroatoms. The lowest BCUT2D eigenvalue weighted by Gasteiger charge is -2.20. The van der Waals surface area contributed by atoms with Crippen LogP contribution in [-0.2, 0) is 17.6 Å². The molecule has 0 bridgehead atoms. The summed E-state index contributed by atoms with van der Waals surface area (Å²) in [5, 5.41) is 22.1. The molecule has 8 nitrogen and oxygen atoms in total. The molecule has 1 aromatic heterocycles. The van der Waals surface area contributed by atoms with Gasteiger partial charge in [0.15, 0.2) is 11.5 Å². The molecule has 0 amide bonds. The van der Waals surface area contributed by atoms with Gasteiger partial charge in [0.05, 0.1) is 5.56 Å². The Morgan fingerprint density at radius 1 is 1.18 bits per heavy atom. The number of aryl methyl sites for hydroxylation is 1. The van der Waals surface area contributed by atoms with Crippen molar-refractivity contribution in [3.63, 3.8) is 0 Å². The summed E-state index contributed by atoms with van der Waals surface area (Å²) >= 11 is 0. The molecule has 1 heterocycles. The second-order valence-electron chi connectivity index (χ2n) is 9.24. The van der Waals surface area contributed by atoms with Gasteiger partial charge in [-0.2, -0.15) is 0 Å². The Kier molecular flexibility index (Phi) is 7.83. The fourth-order valence-corrected chi connectivity index (χ4v) is 3.65. The zero-order valence-corrected chi connectivity index (χ0v) is 20.0. The minimum absolute atomic E-state index is 0.0513. The topological polar surface area (TPSA) is 118 Å². The van der Waals surface area contributed by atoms with E-state index < -0.39 is 22.6 Å². The van der Waals surface area contributed by atoms with Gasteiger partial charge in [0, 0.05) is 12.8 Å². The number of esters is 1. The molecule has 180 valence electrons. The Balaban J connectivity index is 1.80. The Hall–Kier alpha value is -3.52. The van der Waals surface area contributed by atoms with Crippen LogP contribution in [0.1, 0.15) is 74.1 Å². The highest BCUT2D eigenvalue weighted by atomic mass is 16.6. The quantitative estimate of drug-likeness (QED) is 0.243. The number of rotatable bonds is 9. The van der Waals surface area contributed by atoms with Gasteiger partial charge < -0.3 is 20.0 Å². The maximum Gasteiger partial charge on any atom is 0.346 e. The molecule has 0 saturated heterocycles. The lowest BCUT2D eigenvalue weighted by atomic mass is 9.97. The number of hydrogen-bond donors (Lipinski definition) is 2. The van der Waals surface area contributed by atoms with E-state index in [-0.39, 0.29) is 17.9 Å². The molecule has 3 aromatic rings. The first-order valence-electron chi connectivity index (χ1n) is 11.4. The highest BCUT2D eigenvalue weighted by molar-refractivity contribution is 5.97. The number of nitrogens with one attached hydrogen (secondary N) is 1. The minimum atomic E-state index is -1.12. The van der Waals surface area contributed by atoms with Crippen LogP contribution in [0.3, 0.4) is 0 Å². The number of aliphatic hydroxyl groups excluding tert-OH is 1. The van der Waals surface area contributed by atoms with E-state index in [9.17, 15) is 20.0 Å². The molecule has 1 unspecified atom stereocenters. The molecule has 0 aliphatic rings. The van der Waals surface area contributed by atoms with Gasteiger partial charge in [-0.05, 0) is 54.9 Å². The number of benzene rings is 2. The Morgan fingerprint density at radius 2 is 1.85 bits per heavy atom. The van der Waals surface area contributed by atoms with Crippen molar-refractivity contribution < 1.29 is 19.6 Å². The molecule has 34 heavy (non-hydrogen) atoms. The smallest absolute Gasteiger partial charge is 0.346 e. The van der Waals surface area contributed by atoms with Gasteiger partial charge in [-0.1, -0.05) is 55.8 Å². The number of carbonyl (C=O) groups is 1. The number of carbonyl (C=O) groups excluding carboxylic acids is 1. The van der Waals surface area contributed by atoms with Crippen LogP contribution >= 0.6 is 0 Å². The number of hydrogen-bond acceptors (Lipinski definition) is 6. The number of aromatic amines is 1. The van der Waals surface area contributed by atoms with Crippen LogP contribution in [0.25, 0.3) is 11.1 Å². The molecule has 3 rings (SSSR count). The van der Waals surface area contributed by atoms with Crippen molar-refractivity contribution in [3.8, 4) is 11.1 Å². The summed E-state index contributed by atoms with van der Waals surface area (Å²) in [6.07, 6.45) is 1.44. The predicted octanol–water partition coefficient (Wildman–Crippen LogP) is 5.56. The highest BCUT2D eigenvalue weighted by Crippen LogP contribution is 2.29. The first-order valence-corrected chi connectivity index (χ1v) is 11.4. The number of H-pyrrole nitrogens is 1. The van der Waals surface area contributed by atoms with E-state index in [1.807, 2.05) is 64.1 Å². The molecule has 0 saturated carbocycles. The van der Waals surface area contributed by atoms with Crippen molar-refractivity contribution in [1.29, 1.82) is 0 Å². The SMILES string of the molecule is CCCCc1nc(C(O)Cc2ccc(-c3ccccc3C(=O)OC(C)(C)C)cc2)c([N+](=O)[O-])[nH]1. The summed E-state index contributed by atoms with van der Waals surface area (Å²) < 4.78 is 5.53. The average molecular weight is 466 g/mol. The van der Waals surface area contributed by atoms with Gasteiger partial charge in [0.1, 0.15) is 11.7 Å². The fourth-order valence-electron chi connectivity index (χ4n) is 3.65. The third kappa shape index (κ3) is 6.29. The number of nitrogens with zero attached hydrogens (tertiary/aromatic N) is 2. The second kappa shape index (κ2) is 10.6. The zero-order chi connectivity index (χ0) is 24.9. The van der Waals surface area contributed by atoms with Crippen LogP contribution in [0.2, 0.25) is 0 Å². The lowest BCUT2D eigenvalue weighted by molar-refractivity contribution is -0.390. The highest BCUT2D eigenvalue weighted by Gasteiger charge is 2.26. The summed E-state index contributed by atoms with van der Waals surface area (Å²) in [5.41, 5.74) is 2.28. The van der Waals surface area contributed by atoms with E-state index in [1.165, 1.54) is 0 Å². The monoisotopic (exact) mass is 465 g/mol. The Morgan fingerprint density at radius 3 is 2.47 bits per heavy atom. The largest absolute Gasteiger partial charge is 0.456 e. The number of aromatic nitrogens is 2. The Labute approximate surface area is 199 Å². The van der Waals surface area contributed by atoms with E-state index >= 15 is 0 Å². The molecule has 0 aliphatic heterocycles. The van der Waals surface area contributed by atoms with Crippen molar-refractivity contribution in [3.05, 3.63) is 81.3 Å². The summed E-state index contributed by atoms with van der Waals surface area (Å²) in [4.78, 5) is 30.6. The summed E-state index contributed by atoms with van der Waals surface area (Å²) in [6.45, 7) is 7.50. The maximum absolute atomic E-state index is 12.7. The van der Waals surface area contributed by atoms with Crippen LogP contribution in [0.5, 0.6) is 0 Å². The van der Waals surface area contributed by atoms with Gasteiger partial charge in [-0.3, -0.25) is 0 Å². The zero-order valence-electron chi connectivity index (χ0n) is 20.0. The van der Waals surface area contributed by atoms with Gasteiger partial charge in [-0.15, -0.1) is 0 Å². The first kappa shape index (κ1) is 25.1.